The Balaban J connectivity index is 1.96. The van der Waals surface area contributed by atoms with Crippen molar-refractivity contribution in [2.75, 3.05) is 13.1 Å². The Morgan fingerprint density at radius 3 is 2.19 bits per heavy atom. The zero-order chi connectivity index (χ0) is 15.7. The summed E-state index contributed by atoms with van der Waals surface area (Å²) >= 11 is 0. The summed E-state index contributed by atoms with van der Waals surface area (Å²) in [5.41, 5.74) is 0.565. The predicted octanol–water partition coefficient (Wildman–Crippen LogP) is 3.32. The number of benzene rings is 1. The van der Waals surface area contributed by atoms with Crippen LogP contribution in [0.4, 0.5) is 13.2 Å². The molecule has 1 aliphatic rings. The van der Waals surface area contributed by atoms with Gasteiger partial charge in [-0.2, -0.15) is 13.2 Å². The summed E-state index contributed by atoms with van der Waals surface area (Å²) in [5, 5.41) is 0. The van der Waals surface area contributed by atoms with E-state index < -0.39 is 17.7 Å². The van der Waals surface area contributed by atoms with Gasteiger partial charge in [0.1, 0.15) is 11.4 Å². The molecule has 0 unspecified atom stereocenters. The molecule has 1 fully saturated rings. The van der Waals surface area contributed by atoms with Crippen LogP contribution in [0.5, 0.6) is 5.75 Å². The van der Waals surface area contributed by atoms with E-state index in [1.54, 1.807) is 0 Å². The summed E-state index contributed by atoms with van der Waals surface area (Å²) in [4.78, 5) is 12.0. The summed E-state index contributed by atoms with van der Waals surface area (Å²) in [6.07, 6.45) is -4.04. The number of carbonyl (C=O) groups is 1. The molecule has 1 heterocycles. The number of amides is 1. The van der Waals surface area contributed by atoms with Crippen molar-refractivity contribution >= 4 is 5.91 Å². The molecule has 0 radical (unpaired) electrons. The van der Waals surface area contributed by atoms with Gasteiger partial charge in [-0.15, -0.1) is 0 Å². The van der Waals surface area contributed by atoms with E-state index in [2.05, 4.69) is 0 Å². The van der Waals surface area contributed by atoms with Crippen molar-refractivity contribution in [3.63, 3.8) is 0 Å². The van der Waals surface area contributed by atoms with Crippen molar-refractivity contribution in [2.45, 2.75) is 38.5 Å². The highest BCUT2D eigenvalue weighted by Gasteiger charge is 2.45. The smallest absolute Gasteiger partial charge is 0.471 e. The van der Waals surface area contributed by atoms with Gasteiger partial charge in [0.2, 0.25) is 0 Å². The van der Waals surface area contributed by atoms with Crippen LogP contribution in [0.25, 0.3) is 0 Å². The second-order valence-electron chi connectivity index (χ2n) is 5.65. The molecule has 116 valence electrons. The molecule has 0 aromatic heterocycles. The standard InChI is InChI=1S/C15H18F3NO2/c1-11-3-5-12(6-4-11)21-14(2)7-9-19(10-8-14)13(20)15(16,17)18/h3-6H,7-10H2,1-2H3. The Bertz CT molecular complexity index is 503. The van der Waals surface area contributed by atoms with Gasteiger partial charge in [0.25, 0.3) is 0 Å². The summed E-state index contributed by atoms with van der Waals surface area (Å²) in [6.45, 7) is 3.94. The highest BCUT2D eigenvalue weighted by Crippen LogP contribution is 2.30. The molecular weight excluding hydrogens is 283 g/mol. The minimum Gasteiger partial charge on any atom is -0.487 e. The normalized spacial score (nSPS) is 18.4. The summed E-state index contributed by atoms with van der Waals surface area (Å²) in [5.74, 6) is -1.07. The second kappa shape index (κ2) is 5.58. The van der Waals surface area contributed by atoms with Crippen molar-refractivity contribution in [3.8, 4) is 5.75 Å². The topological polar surface area (TPSA) is 29.5 Å². The first kappa shape index (κ1) is 15.7. The van der Waals surface area contributed by atoms with E-state index in [9.17, 15) is 18.0 Å². The number of likely N-dealkylation sites (tertiary alicyclic amines) is 1. The quantitative estimate of drug-likeness (QED) is 0.838. The van der Waals surface area contributed by atoms with Gasteiger partial charge in [-0.1, -0.05) is 17.7 Å². The molecule has 3 nitrogen and oxygen atoms in total. The molecule has 6 heteroatoms. The van der Waals surface area contributed by atoms with Gasteiger partial charge in [-0.25, -0.2) is 0 Å². The van der Waals surface area contributed by atoms with Crippen LogP contribution in [0.2, 0.25) is 0 Å². The van der Waals surface area contributed by atoms with Crippen LogP contribution in [-0.2, 0) is 4.79 Å². The number of nitrogens with zero attached hydrogens (tertiary/aromatic N) is 1. The van der Waals surface area contributed by atoms with E-state index in [1.165, 1.54) is 0 Å². The summed E-state index contributed by atoms with van der Waals surface area (Å²) in [7, 11) is 0. The third-order valence-corrected chi connectivity index (χ3v) is 3.74. The van der Waals surface area contributed by atoms with E-state index in [-0.39, 0.29) is 13.1 Å². The van der Waals surface area contributed by atoms with Gasteiger partial charge >= 0.3 is 12.1 Å². The van der Waals surface area contributed by atoms with E-state index in [0.717, 1.165) is 10.5 Å². The van der Waals surface area contributed by atoms with E-state index in [0.29, 0.717) is 18.6 Å². The largest absolute Gasteiger partial charge is 0.487 e. The monoisotopic (exact) mass is 301 g/mol. The lowest BCUT2D eigenvalue weighted by atomic mass is 9.93. The van der Waals surface area contributed by atoms with Crippen LogP contribution in [-0.4, -0.2) is 35.7 Å². The van der Waals surface area contributed by atoms with E-state index >= 15 is 0 Å². The first-order valence-electron chi connectivity index (χ1n) is 6.81. The zero-order valence-corrected chi connectivity index (χ0v) is 12.0. The van der Waals surface area contributed by atoms with Gasteiger partial charge < -0.3 is 9.64 Å². The molecule has 21 heavy (non-hydrogen) atoms. The Hall–Kier alpha value is -1.72. The van der Waals surface area contributed by atoms with Crippen molar-refractivity contribution in [3.05, 3.63) is 29.8 Å². The minimum atomic E-state index is -4.80. The molecule has 1 saturated heterocycles. The van der Waals surface area contributed by atoms with Crippen molar-refractivity contribution < 1.29 is 22.7 Å². The van der Waals surface area contributed by atoms with Gasteiger partial charge in [-0.3, -0.25) is 4.79 Å². The van der Waals surface area contributed by atoms with Gasteiger partial charge in [0, 0.05) is 25.9 Å². The molecular formula is C15H18F3NO2. The van der Waals surface area contributed by atoms with Crippen LogP contribution in [0.3, 0.4) is 0 Å². The summed E-state index contributed by atoms with van der Waals surface area (Å²) < 4.78 is 43.1. The highest BCUT2D eigenvalue weighted by atomic mass is 19.4. The Kier molecular flexibility index (Phi) is 4.16. The van der Waals surface area contributed by atoms with Gasteiger partial charge in [-0.05, 0) is 26.0 Å². The van der Waals surface area contributed by atoms with E-state index in [1.807, 2.05) is 38.1 Å². The molecule has 0 spiro atoms. The van der Waals surface area contributed by atoms with E-state index in [4.69, 9.17) is 4.74 Å². The van der Waals surface area contributed by atoms with Crippen LogP contribution in [0.15, 0.2) is 24.3 Å². The molecule has 1 aromatic carbocycles. The van der Waals surface area contributed by atoms with Crippen molar-refractivity contribution in [1.82, 2.24) is 4.90 Å². The van der Waals surface area contributed by atoms with Crippen molar-refractivity contribution in [2.24, 2.45) is 0 Å². The predicted molar refractivity (Wildman–Crippen MR) is 72.1 cm³/mol. The molecule has 0 atom stereocenters. The lowest BCUT2D eigenvalue weighted by molar-refractivity contribution is -0.188. The fourth-order valence-electron chi connectivity index (χ4n) is 2.35. The van der Waals surface area contributed by atoms with Crippen molar-refractivity contribution in [1.29, 1.82) is 0 Å². The third kappa shape index (κ3) is 3.89. The third-order valence-electron chi connectivity index (χ3n) is 3.74. The lowest BCUT2D eigenvalue weighted by Gasteiger charge is -2.39. The number of halogens is 3. The SMILES string of the molecule is Cc1ccc(OC2(C)CCN(C(=O)C(F)(F)F)CC2)cc1. The maximum Gasteiger partial charge on any atom is 0.471 e. The van der Waals surface area contributed by atoms with Crippen LogP contribution in [0, 0.1) is 6.92 Å². The zero-order valence-electron chi connectivity index (χ0n) is 12.0. The molecule has 0 bridgehead atoms. The average Bonchev–Trinajstić information content (AvgIpc) is 2.40. The molecule has 2 rings (SSSR count). The average molecular weight is 301 g/mol. The van der Waals surface area contributed by atoms with Crippen LogP contribution < -0.4 is 4.74 Å². The molecule has 1 aliphatic heterocycles. The van der Waals surface area contributed by atoms with Gasteiger partial charge in [0.15, 0.2) is 0 Å². The van der Waals surface area contributed by atoms with Crippen LogP contribution >= 0.6 is 0 Å². The molecule has 0 saturated carbocycles. The number of hydrogen-bond donors (Lipinski definition) is 0. The number of hydrogen-bond acceptors (Lipinski definition) is 2. The minimum absolute atomic E-state index is 0.0563. The Morgan fingerprint density at radius 1 is 1.19 bits per heavy atom. The Labute approximate surface area is 121 Å². The number of piperidine rings is 1. The number of aryl methyl sites for hydroxylation is 1. The number of rotatable bonds is 2. The maximum atomic E-state index is 12.4. The highest BCUT2D eigenvalue weighted by molar-refractivity contribution is 5.81. The Morgan fingerprint density at radius 2 is 1.71 bits per heavy atom. The second-order valence-corrected chi connectivity index (χ2v) is 5.65. The van der Waals surface area contributed by atoms with Gasteiger partial charge in [0.05, 0.1) is 0 Å². The van der Waals surface area contributed by atoms with Crippen LogP contribution in [0.1, 0.15) is 25.3 Å². The number of ether oxygens (including phenoxy) is 1. The molecule has 0 N–H and O–H groups in total. The number of carbonyl (C=O) groups excluding carboxylic acids is 1. The summed E-state index contributed by atoms with van der Waals surface area (Å²) in [6, 6.07) is 7.52. The lowest BCUT2D eigenvalue weighted by Crippen LogP contribution is -2.51. The number of alkyl halides is 3. The fourth-order valence-corrected chi connectivity index (χ4v) is 2.35. The maximum absolute atomic E-state index is 12.4. The first-order valence-corrected chi connectivity index (χ1v) is 6.81. The fraction of sp³-hybridized carbons (Fsp3) is 0.533. The molecule has 0 aliphatic carbocycles. The molecule has 1 amide bonds. The molecule has 1 aromatic rings. The first-order chi connectivity index (χ1) is 9.70.